The smallest absolute Gasteiger partial charge is 0.255 e. The van der Waals surface area contributed by atoms with E-state index in [9.17, 15) is 18.9 Å². The van der Waals surface area contributed by atoms with Crippen molar-refractivity contribution in [2.75, 3.05) is 76.2 Å². The first-order chi connectivity index (χ1) is 18.5. The minimum absolute atomic E-state index is 0.188. The Balaban J connectivity index is 1.27. The molecule has 38 heavy (non-hydrogen) atoms. The molecule has 1 fully saturated rings. The second kappa shape index (κ2) is 17.4. The van der Waals surface area contributed by atoms with Gasteiger partial charge in [-0.3, -0.25) is 19.7 Å². The average molecular weight is 667 g/mol. The van der Waals surface area contributed by atoms with Crippen LogP contribution < -0.4 is 5.32 Å². The first-order valence-corrected chi connectivity index (χ1v) is 15.5. The van der Waals surface area contributed by atoms with E-state index >= 15 is 0 Å². The number of hydrogen-bond acceptors (Lipinski definition) is 9. The Morgan fingerprint density at radius 3 is 2.05 bits per heavy atom. The first kappa shape index (κ1) is 31.2. The van der Waals surface area contributed by atoms with Crippen LogP contribution in [0.1, 0.15) is 28.8 Å². The summed E-state index contributed by atoms with van der Waals surface area (Å²) in [5.74, 6) is -0.810. The maximum Gasteiger partial charge on any atom is 0.255 e. The molecule has 2 aliphatic rings. The third kappa shape index (κ3) is 9.70. The van der Waals surface area contributed by atoms with Crippen molar-refractivity contribution in [1.29, 1.82) is 0 Å². The average Bonchev–Trinajstić information content (AvgIpc) is 3.24. The normalized spacial score (nSPS) is 18.1. The van der Waals surface area contributed by atoms with E-state index in [2.05, 4.69) is 27.9 Å². The van der Waals surface area contributed by atoms with Gasteiger partial charge in [-0.1, -0.05) is 28.7 Å². The van der Waals surface area contributed by atoms with E-state index in [1.165, 1.54) is 4.90 Å². The molecule has 1 aromatic carbocycles. The summed E-state index contributed by atoms with van der Waals surface area (Å²) in [7, 11) is 0. The molecule has 2 heterocycles. The minimum atomic E-state index is -1.37. The first-order valence-electron chi connectivity index (χ1n) is 12.6. The Bertz CT molecular complexity index is 923. The minimum Gasteiger partial charge on any atom is -0.611 e. The van der Waals surface area contributed by atoms with Crippen molar-refractivity contribution >= 4 is 51.5 Å². The Kier molecular flexibility index (Phi) is 14.3. The predicted molar refractivity (Wildman–Crippen MR) is 147 cm³/mol. The zero-order valence-corrected chi connectivity index (χ0v) is 24.3. The Hall–Kier alpha value is -1.33. The number of alkyl halides is 1. The summed E-state index contributed by atoms with van der Waals surface area (Å²) < 4.78 is 41.1. The molecule has 0 bridgehead atoms. The lowest BCUT2D eigenvalue weighted by Crippen LogP contribution is -2.52. The number of nitrogens with zero attached hydrogens (tertiary/aromatic N) is 1. The van der Waals surface area contributed by atoms with Crippen LogP contribution in [0.25, 0.3) is 0 Å². The van der Waals surface area contributed by atoms with Gasteiger partial charge in [-0.15, -0.1) is 0 Å². The monoisotopic (exact) mass is 666 g/mol. The summed E-state index contributed by atoms with van der Waals surface area (Å²) in [6, 6.07) is 4.41. The molecule has 0 aliphatic carbocycles. The lowest BCUT2D eigenvalue weighted by molar-refractivity contribution is -0.136. The van der Waals surface area contributed by atoms with Gasteiger partial charge in [0.25, 0.3) is 5.91 Å². The standard InChI is InChI=1S/C25H35IN2O9S/c26-6-7-33-8-9-34-10-11-35-12-13-36-14-15-37-16-17-38(32)22-3-1-2-19-20(22)18-28(25(19)31)21-4-5-23(29)27-24(21)30/h1-3,21H,4-18H2,(H,27,29,30). The third-order valence-electron chi connectivity index (χ3n) is 5.91. The van der Waals surface area contributed by atoms with Crippen LogP contribution in [0.5, 0.6) is 0 Å². The SMILES string of the molecule is O=C1CCC(N2Cc3c(cccc3[S+]([O-])CCOCCOCCOCCOCCOCCI)C2=O)C(=O)N1. The highest BCUT2D eigenvalue weighted by atomic mass is 127. The number of nitrogens with one attached hydrogen (secondary N) is 1. The van der Waals surface area contributed by atoms with Crippen molar-refractivity contribution in [3.8, 4) is 0 Å². The highest BCUT2D eigenvalue weighted by Gasteiger charge is 2.41. The van der Waals surface area contributed by atoms with Crippen molar-refractivity contribution in [2.24, 2.45) is 0 Å². The molecule has 1 saturated heterocycles. The third-order valence-corrected chi connectivity index (χ3v) is 7.76. The second-order valence-electron chi connectivity index (χ2n) is 8.48. The summed E-state index contributed by atoms with van der Waals surface area (Å²) in [6.45, 7) is 5.05. The number of halogens is 1. The number of rotatable bonds is 19. The molecule has 212 valence electrons. The van der Waals surface area contributed by atoms with Crippen LogP contribution in [0.3, 0.4) is 0 Å². The van der Waals surface area contributed by atoms with Crippen LogP contribution in [-0.4, -0.2) is 109 Å². The van der Waals surface area contributed by atoms with E-state index in [0.29, 0.717) is 68.9 Å². The van der Waals surface area contributed by atoms with Crippen molar-refractivity contribution in [3.63, 3.8) is 0 Å². The molecule has 2 unspecified atom stereocenters. The quantitative estimate of drug-likeness (QED) is 0.0757. The van der Waals surface area contributed by atoms with Crippen LogP contribution in [0.15, 0.2) is 23.1 Å². The van der Waals surface area contributed by atoms with Crippen molar-refractivity contribution in [1.82, 2.24) is 10.2 Å². The van der Waals surface area contributed by atoms with Crippen molar-refractivity contribution in [3.05, 3.63) is 29.3 Å². The molecule has 3 amide bonds. The van der Waals surface area contributed by atoms with Crippen LogP contribution in [0, 0.1) is 0 Å². The summed E-state index contributed by atoms with van der Waals surface area (Å²) in [5, 5.41) is 2.29. The van der Waals surface area contributed by atoms with Crippen LogP contribution >= 0.6 is 22.6 Å². The van der Waals surface area contributed by atoms with Crippen LogP contribution in [0.2, 0.25) is 0 Å². The Morgan fingerprint density at radius 2 is 1.47 bits per heavy atom. The van der Waals surface area contributed by atoms with Crippen LogP contribution in [-0.2, 0) is 51.0 Å². The molecule has 1 N–H and O–H groups in total. The number of piperidine rings is 1. The predicted octanol–water partition coefficient (Wildman–Crippen LogP) is 1.07. The van der Waals surface area contributed by atoms with E-state index in [0.717, 1.165) is 11.0 Å². The highest BCUT2D eigenvalue weighted by molar-refractivity contribution is 14.1. The van der Waals surface area contributed by atoms with Crippen molar-refractivity contribution < 1.29 is 42.6 Å². The molecule has 0 aromatic heterocycles. The van der Waals surface area contributed by atoms with Gasteiger partial charge in [-0.2, -0.15) is 0 Å². The van der Waals surface area contributed by atoms with Gasteiger partial charge in [0, 0.05) is 22.0 Å². The maximum absolute atomic E-state index is 13.0. The van der Waals surface area contributed by atoms with Crippen LogP contribution in [0.4, 0.5) is 0 Å². The van der Waals surface area contributed by atoms with Crippen molar-refractivity contribution in [2.45, 2.75) is 30.3 Å². The van der Waals surface area contributed by atoms with E-state index in [1.807, 2.05) is 0 Å². The molecule has 2 aliphatic heterocycles. The number of carbonyl (C=O) groups excluding carboxylic acids is 3. The Morgan fingerprint density at radius 1 is 0.895 bits per heavy atom. The van der Waals surface area contributed by atoms with E-state index < -0.39 is 23.1 Å². The molecule has 0 radical (unpaired) electrons. The van der Waals surface area contributed by atoms with Gasteiger partial charge in [0.1, 0.15) is 11.8 Å². The van der Waals surface area contributed by atoms with Gasteiger partial charge >= 0.3 is 0 Å². The topological polar surface area (TPSA) is 136 Å². The molecule has 2 atom stereocenters. The fraction of sp³-hybridized carbons (Fsp3) is 0.640. The molecule has 3 rings (SSSR count). The summed E-state index contributed by atoms with van der Waals surface area (Å²) in [5.41, 5.74) is 1.11. The summed E-state index contributed by atoms with van der Waals surface area (Å²) in [4.78, 5) is 38.7. The fourth-order valence-corrected chi connectivity index (χ4v) is 5.53. The lowest BCUT2D eigenvalue weighted by Gasteiger charge is -2.29. The van der Waals surface area contributed by atoms with Gasteiger partial charge in [0.05, 0.1) is 72.6 Å². The van der Waals surface area contributed by atoms with E-state index in [-0.39, 0.29) is 43.6 Å². The molecule has 0 saturated carbocycles. The molecule has 1 aromatic rings. The van der Waals surface area contributed by atoms with E-state index in [4.69, 9.17) is 23.7 Å². The largest absolute Gasteiger partial charge is 0.611 e. The maximum atomic E-state index is 13.0. The molecule has 11 nitrogen and oxygen atoms in total. The number of amides is 3. The van der Waals surface area contributed by atoms with Gasteiger partial charge in [0.15, 0.2) is 4.90 Å². The zero-order valence-electron chi connectivity index (χ0n) is 21.3. The molecular weight excluding hydrogens is 631 g/mol. The van der Waals surface area contributed by atoms with Gasteiger partial charge in [-0.05, 0) is 29.7 Å². The summed E-state index contributed by atoms with van der Waals surface area (Å²) >= 11 is 0.888. The number of carbonyl (C=O) groups is 3. The molecular formula is C25H35IN2O9S. The summed E-state index contributed by atoms with van der Waals surface area (Å²) in [6.07, 6.45) is 0.474. The number of ether oxygens (including phenoxy) is 5. The van der Waals surface area contributed by atoms with Gasteiger partial charge in [0.2, 0.25) is 11.8 Å². The number of hydrogen-bond donors (Lipinski definition) is 1. The van der Waals surface area contributed by atoms with Gasteiger partial charge in [-0.25, -0.2) is 0 Å². The number of fused-ring (bicyclic) bond motifs is 1. The second-order valence-corrected chi connectivity index (χ2v) is 11.1. The fourth-order valence-electron chi connectivity index (χ4n) is 4.05. The number of imide groups is 1. The Labute approximate surface area is 239 Å². The van der Waals surface area contributed by atoms with Gasteiger partial charge < -0.3 is 33.1 Å². The lowest BCUT2D eigenvalue weighted by atomic mass is 10.0. The molecule has 13 heteroatoms. The zero-order chi connectivity index (χ0) is 27.2. The number of benzene rings is 1. The highest BCUT2D eigenvalue weighted by Crippen LogP contribution is 2.32. The molecule has 0 spiro atoms. The van der Waals surface area contributed by atoms with E-state index in [1.54, 1.807) is 18.2 Å².